The summed E-state index contributed by atoms with van der Waals surface area (Å²) >= 11 is 0. The Balaban J connectivity index is 1.79. The number of anilines is 3. The first kappa shape index (κ1) is 25.2. The van der Waals surface area contributed by atoms with Crippen molar-refractivity contribution in [2.75, 3.05) is 16.3 Å². The van der Waals surface area contributed by atoms with Crippen molar-refractivity contribution >= 4 is 33.1 Å². The number of carbonyl (C=O) groups excluding carboxylic acids is 1. The number of hydrogen-bond donors (Lipinski definition) is 2. The SMILES string of the molecule is CC(C)(C)OC(=O)c1ccc(CCc2ccc(NS(C)(=O)=O)cc2)cc1Nc1ccc(F)cc1. The van der Waals surface area contributed by atoms with E-state index in [9.17, 15) is 17.6 Å². The minimum Gasteiger partial charge on any atom is -0.456 e. The van der Waals surface area contributed by atoms with Crippen LogP contribution in [0.4, 0.5) is 21.5 Å². The zero-order valence-electron chi connectivity index (χ0n) is 19.7. The molecule has 0 heterocycles. The molecule has 0 saturated carbocycles. The largest absolute Gasteiger partial charge is 0.456 e. The molecule has 0 radical (unpaired) electrons. The van der Waals surface area contributed by atoms with Gasteiger partial charge in [-0.1, -0.05) is 18.2 Å². The molecule has 0 saturated heterocycles. The smallest absolute Gasteiger partial charge is 0.340 e. The standard InChI is InChI=1S/C26H29FN2O4S/c1-26(2,3)33-25(30)23-16-9-19(17-24(23)28-21-14-10-20(27)11-15-21)6-5-18-7-12-22(13-8-18)29-34(4,31)32/h7-17,28-29H,5-6H2,1-4H3. The lowest BCUT2D eigenvalue weighted by molar-refractivity contribution is 0.00707. The second-order valence-electron chi connectivity index (χ2n) is 9.08. The fourth-order valence-corrected chi connectivity index (χ4v) is 3.86. The van der Waals surface area contributed by atoms with E-state index in [4.69, 9.17) is 4.74 Å². The maximum Gasteiger partial charge on any atom is 0.340 e. The molecule has 0 aromatic heterocycles. The van der Waals surface area contributed by atoms with Crippen LogP contribution in [0.3, 0.4) is 0 Å². The minimum atomic E-state index is -3.32. The quantitative estimate of drug-likeness (QED) is 0.402. The van der Waals surface area contributed by atoms with E-state index in [1.54, 1.807) is 30.3 Å². The Bertz CT molecular complexity index is 1250. The first-order valence-electron chi connectivity index (χ1n) is 10.8. The van der Waals surface area contributed by atoms with E-state index in [1.165, 1.54) is 12.1 Å². The Morgan fingerprint density at radius 2 is 1.44 bits per heavy atom. The summed E-state index contributed by atoms with van der Waals surface area (Å²) in [5.74, 6) is -0.790. The van der Waals surface area contributed by atoms with Crippen LogP contribution in [0.15, 0.2) is 66.7 Å². The van der Waals surface area contributed by atoms with Crippen molar-refractivity contribution in [3.8, 4) is 0 Å². The topological polar surface area (TPSA) is 84.5 Å². The Morgan fingerprint density at radius 3 is 2.03 bits per heavy atom. The highest BCUT2D eigenvalue weighted by Crippen LogP contribution is 2.26. The third-order valence-electron chi connectivity index (χ3n) is 4.79. The van der Waals surface area contributed by atoms with Crippen LogP contribution in [0.5, 0.6) is 0 Å². The van der Waals surface area contributed by atoms with Crippen molar-refractivity contribution in [2.45, 2.75) is 39.2 Å². The number of ether oxygens (including phenoxy) is 1. The average Bonchev–Trinajstić information content (AvgIpc) is 2.73. The van der Waals surface area contributed by atoms with Gasteiger partial charge in [0.25, 0.3) is 0 Å². The highest BCUT2D eigenvalue weighted by atomic mass is 32.2. The molecule has 0 fully saturated rings. The Hall–Kier alpha value is -3.39. The van der Waals surface area contributed by atoms with Crippen LogP contribution in [-0.2, 0) is 27.6 Å². The molecule has 6 nitrogen and oxygen atoms in total. The van der Waals surface area contributed by atoms with Crippen LogP contribution < -0.4 is 10.0 Å². The molecule has 8 heteroatoms. The molecule has 0 atom stereocenters. The van der Waals surface area contributed by atoms with E-state index in [0.29, 0.717) is 29.0 Å². The van der Waals surface area contributed by atoms with Crippen molar-refractivity contribution < 1.29 is 22.3 Å². The Labute approximate surface area is 200 Å². The van der Waals surface area contributed by atoms with Gasteiger partial charge < -0.3 is 10.1 Å². The summed E-state index contributed by atoms with van der Waals surface area (Å²) in [4.78, 5) is 12.8. The highest BCUT2D eigenvalue weighted by Gasteiger charge is 2.21. The molecule has 3 rings (SSSR count). The fourth-order valence-electron chi connectivity index (χ4n) is 3.29. The zero-order chi connectivity index (χ0) is 24.9. The van der Waals surface area contributed by atoms with E-state index >= 15 is 0 Å². The van der Waals surface area contributed by atoms with Gasteiger partial charge in [0.15, 0.2) is 0 Å². The van der Waals surface area contributed by atoms with Crippen LogP contribution in [-0.4, -0.2) is 26.2 Å². The number of hydrogen-bond acceptors (Lipinski definition) is 5. The van der Waals surface area contributed by atoms with Crippen LogP contribution in [0.25, 0.3) is 0 Å². The monoisotopic (exact) mass is 484 g/mol. The zero-order valence-corrected chi connectivity index (χ0v) is 20.5. The van der Waals surface area contributed by atoms with Crippen LogP contribution in [0.2, 0.25) is 0 Å². The molecule has 0 spiro atoms. The predicted octanol–water partition coefficient (Wildman–Crippen LogP) is 5.68. The summed E-state index contributed by atoms with van der Waals surface area (Å²) in [5.41, 5.74) is 3.53. The van der Waals surface area contributed by atoms with Crippen molar-refractivity contribution in [1.82, 2.24) is 0 Å². The predicted molar refractivity (Wildman–Crippen MR) is 134 cm³/mol. The maximum absolute atomic E-state index is 13.3. The average molecular weight is 485 g/mol. The number of halogens is 1. The van der Waals surface area contributed by atoms with Gasteiger partial charge in [-0.15, -0.1) is 0 Å². The van der Waals surface area contributed by atoms with Gasteiger partial charge in [-0.25, -0.2) is 17.6 Å². The molecular formula is C26H29FN2O4S. The van der Waals surface area contributed by atoms with E-state index in [-0.39, 0.29) is 5.82 Å². The molecule has 0 aliphatic heterocycles. The van der Waals surface area contributed by atoms with Gasteiger partial charge in [0.05, 0.1) is 17.5 Å². The third-order valence-corrected chi connectivity index (χ3v) is 5.39. The number of carbonyl (C=O) groups is 1. The molecule has 3 aromatic rings. The first-order valence-corrected chi connectivity index (χ1v) is 12.7. The first-order chi connectivity index (χ1) is 15.9. The molecule has 0 aliphatic rings. The molecule has 0 bridgehead atoms. The van der Waals surface area contributed by atoms with E-state index in [0.717, 1.165) is 23.8 Å². The van der Waals surface area contributed by atoms with Crippen molar-refractivity contribution in [1.29, 1.82) is 0 Å². The molecule has 34 heavy (non-hydrogen) atoms. The fraction of sp³-hybridized carbons (Fsp3) is 0.269. The molecule has 0 unspecified atom stereocenters. The van der Waals surface area contributed by atoms with Crippen LogP contribution in [0.1, 0.15) is 42.3 Å². The molecule has 2 N–H and O–H groups in total. The van der Waals surface area contributed by atoms with Gasteiger partial charge >= 0.3 is 5.97 Å². The lowest BCUT2D eigenvalue weighted by Gasteiger charge is -2.21. The minimum absolute atomic E-state index is 0.343. The van der Waals surface area contributed by atoms with Gasteiger partial charge in [0, 0.05) is 11.4 Å². The molecule has 3 aromatic carbocycles. The van der Waals surface area contributed by atoms with Crippen molar-refractivity contribution in [3.63, 3.8) is 0 Å². The highest BCUT2D eigenvalue weighted by molar-refractivity contribution is 7.92. The summed E-state index contributed by atoms with van der Waals surface area (Å²) < 4.78 is 44.0. The second kappa shape index (κ2) is 10.3. The number of rotatable bonds is 8. The summed E-state index contributed by atoms with van der Waals surface area (Å²) in [6.07, 6.45) is 2.53. The van der Waals surface area contributed by atoms with Crippen LogP contribution in [0, 0.1) is 5.82 Å². The van der Waals surface area contributed by atoms with Crippen LogP contribution >= 0.6 is 0 Å². The summed E-state index contributed by atoms with van der Waals surface area (Å²) in [7, 11) is -3.32. The number of esters is 1. The summed E-state index contributed by atoms with van der Waals surface area (Å²) in [5, 5.41) is 3.20. The van der Waals surface area contributed by atoms with E-state index in [1.807, 2.05) is 45.0 Å². The molecule has 180 valence electrons. The second-order valence-corrected chi connectivity index (χ2v) is 10.8. The molecule has 0 aliphatic carbocycles. The van der Waals surface area contributed by atoms with Crippen molar-refractivity contribution in [2.24, 2.45) is 0 Å². The normalized spacial score (nSPS) is 11.7. The van der Waals surface area contributed by atoms with E-state index < -0.39 is 21.6 Å². The van der Waals surface area contributed by atoms with Gasteiger partial charge in [-0.2, -0.15) is 0 Å². The third kappa shape index (κ3) is 7.88. The Morgan fingerprint density at radius 1 is 0.882 bits per heavy atom. The number of nitrogens with one attached hydrogen (secondary N) is 2. The van der Waals surface area contributed by atoms with Gasteiger partial charge in [0.1, 0.15) is 11.4 Å². The number of sulfonamides is 1. The lowest BCUT2D eigenvalue weighted by atomic mass is 10.0. The summed E-state index contributed by atoms with van der Waals surface area (Å²) in [6.45, 7) is 5.43. The number of aryl methyl sites for hydroxylation is 2. The number of benzene rings is 3. The van der Waals surface area contributed by atoms with Crippen molar-refractivity contribution in [3.05, 3.63) is 89.2 Å². The molecular weight excluding hydrogens is 455 g/mol. The lowest BCUT2D eigenvalue weighted by Crippen LogP contribution is -2.24. The molecule has 0 amide bonds. The van der Waals surface area contributed by atoms with Gasteiger partial charge in [0.2, 0.25) is 10.0 Å². The van der Waals surface area contributed by atoms with E-state index in [2.05, 4.69) is 10.0 Å². The Kier molecular flexibility index (Phi) is 7.61. The summed E-state index contributed by atoms with van der Waals surface area (Å²) in [6, 6.07) is 18.6. The maximum atomic E-state index is 13.3. The van der Waals surface area contributed by atoms with Gasteiger partial charge in [-0.05, 0) is 93.3 Å². The van der Waals surface area contributed by atoms with Gasteiger partial charge in [-0.3, -0.25) is 4.72 Å².